The monoisotopic (exact) mass is 264 g/mol. The Morgan fingerprint density at radius 2 is 1.12 bits per heavy atom. The number of halogens is 1. The summed E-state index contributed by atoms with van der Waals surface area (Å²) in [4.78, 5) is 0. The molecule has 2 rings (SSSR count). The molecule has 0 unspecified atom stereocenters. The molecule has 0 bridgehead atoms. The van der Waals surface area contributed by atoms with Crippen LogP contribution in [0.5, 0.6) is 0 Å². The number of benzene rings is 2. The first-order valence-electron chi connectivity index (χ1n) is 5.53. The Labute approximate surface area is 108 Å². The van der Waals surface area contributed by atoms with Crippen molar-refractivity contribution in [2.24, 2.45) is 0 Å². The smallest absolute Gasteiger partial charge is 0.161 e. The first-order chi connectivity index (χ1) is 8.15. The molecule has 0 atom stereocenters. The minimum Gasteiger partial charge on any atom is -0.161 e. The summed E-state index contributed by atoms with van der Waals surface area (Å²) in [5.74, 6) is 0. The van der Waals surface area contributed by atoms with Crippen molar-refractivity contribution < 1.29 is 0 Å². The van der Waals surface area contributed by atoms with Crippen LogP contribution in [-0.4, -0.2) is 18.8 Å². The Balaban J connectivity index is 2.55. The Morgan fingerprint density at radius 3 is 1.41 bits per heavy atom. The van der Waals surface area contributed by atoms with Crippen molar-refractivity contribution in [3.8, 4) is 0 Å². The highest BCUT2D eigenvalue weighted by atomic mass is 35.7. The van der Waals surface area contributed by atoms with Gasteiger partial charge in [-0.05, 0) is 24.3 Å². The summed E-state index contributed by atoms with van der Waals surface area (Å²) >= 11 is 6.96. The molecule has 0 spiro atoms. The zero-order chi connectivity index (χ0) is 12.3. The second-order valence-electron chi connectivity index (χ2n) is 4.07. The highest BCUT2D eigenvalue weighted by Gasteiger charge is 2.44. The Hall–Kier alpha value is -0.880. The molecule has 2 aromatic rings. The third-order valence-corrected chi connectivity index (χ3v) is 7.89. The van der Waals surface area contributed by atoms with Crippen LogP contribution in [0.3, 0.4) is 0 Å². The lowest BCUT2D eigenvalue weighted by Gasteiger charge is -2.24. The molecule has 88 valence electrons. The number of nitrogens with zero attached hydrogens (tertiary/aromatic N) is 1. The molecule has 0 aliphatic heterocycles. The van der Waals surface area contributed by atoms with Gasteiger partial charge in [0.2, 0.25) is 6.77 Å². The van der Waals surface area contributed by atoms with Gasteiger partial charge in [-0.25, -0.2) is 0 Å². The highest BCUT2D eigenvalue weighted by molar-refractivity contribution is 8.08. The summed E-state index contributed by atoms with van der Waals surface area (Å²) in [5.41, 5.74) is 0. The average molecular weight is 265 g/mol. The zero-order valence-corrected chi connectivity index (χ0v) is 11.7. The Kier molecular flexibility index (Phi) is 3.83. The minimum absolute atomic E-state index is 1.19. The fourth-order valence-corrected chi connectivity index (χ4v) is 4.89. The summed E-state index contributed by atoms with van der Waals surface area (Å²) < 4.78 is 2.14. The van der Waals surface area contributed by atoms with Gasteiger partial charge in [-0.1, -0.05) is 36.4 Å². The first kappa shape index (κ1) is 12.6. The van der Waals surface area contributed by atoms with Crippen LogP contribution in [0.1, 0.15) is 0 Å². The maximum absolute atomic E-state index is 6.96. The first-order valence-corrected chi connectivity index (χ1v) is 8.18. The van der Waals surface area contributed by atoms with Crippen molar-refractivity contribution in [2.45, 2.75) is 0 Å². The summed E-state index contributed by atoms with van der Waals surface area (Å²) in [7, 11) is 4.08. The van der Waals surface area contributed by atoms with E-state index in [4.69, 9.17) is 11.2 Å². The predicted octanol–water partition coefficient (Wildman–Crippen LogP) is 3.29. The third kappa shape index (κ3) is 2.37. The molecule has 17 heavy (non-hydrogen) atoms. The van der Waals surface area contributed by atoms with Crippen LogP contribution >= 0.6 is 18.0 Å². The SMILES string of the molecule is CN(C)[P+](Cl)(c1ccccc1)c1ccccc1. The van der Waals surface area contributed by atoms with Gasteiger partial charge in [-0.3, -0.25) is 0 Å². The van der Waals surface area contributed by atoms with E-state index in [1.54, 1.807) is 0 Å². The van der Waals surface area contributed by atoms with Gasteiger partial charge >= 0.3 is 0 Å². The van der Waals surface area contributed by atoms with E-state index in [9.17, 15) is 0 Å². The molecule has 0 aliphatic carbocycles. The van der Waals surface area contributed by atoms with E-state index < -0.39 is 6.77 Å². The zero-order valence-electron chi connectivity index (χ0n) is 10.0. The maximum atomic E-state index is 6.96. The molecule has 0 N–H and O–H groups in total. The molecule has 0 radical (unpaired) electrons. The van der Waals surface area contributed by atoms with Gasteiger partial charge in [0.1, 0.15) is 21.8 Å². The molecule has 0 aliphatic rings. The molecule has 2 aromatic carbocycles. The predicted molar refractivity (Wildman–Crippen MR) is 78.6 cm³/mol. The van der Waals surface area contributed by atoms with E-state index in [1.807, 2.05) is 50.5 Å². The van der Waals surface area contributed by atoms with E-state index in [1.165, 1.54) is 10.6 Å². The van der Waals surface area contributed by atoms with Gasteiger partial charge in [0, 0.05) is 14.1 Å². The van der Waals surface area contributed by atoms with Crippen LogP contribution in [0, 0.1) is 0 Å². The molecule has 1 nitrogen and oxygen atoms in total. The molecular formula is C14H16ClNP+. The average Bonchev–Trinajstić information content (AvgIpc) is 2.39. The van der Waals surface area contributed by atoms with Crippen molar-refractivity contribution in [1.82, 2.24) is 4.67 Å². The fraction of sp³-hybridized carbons (Fsp3) is 0.143. The lowest BCUT2D eigenvalue weighted by Crippen LogP contribution is -2.28. The molecule has 0 saturated carbocycles. The summed E-state index contributed by atoms with van der Waals surface area (Å²) in [6.07, 6.45) is 0. The normalized spacial score (nSPS) is 11.8. The van der Waals surface area contributed by atoms with Crippen molar-refractivity contribution in [3.05, 3.63) is 60.7 Å². The van der Waals surface area contributed by atoms with Crippen molar-refractivity contribution in [3.63, 3.8) is 0 Å². The van der Waals surface area contributed by atoms with Gasteiger partial charge in [-0.2, -0.15) is 4.67 Å². The van der Waals surface area contributed by atoms with Crippen LogP contribution in [0.2, 0.25) is 0 Å². The van der Waals surface area contributed by atoms with E-state index >= 15 is 0 Å². The van der Waals surface area contributed by atoms with Gasteiger partial charge < -0.3 is 0 Å². The summed E-state index contributed by atoms with van der Waals surface area (Å²) in [5, 5.41) is 2.38. The summed E-state index contributed by atoms with van der Waals surface area (Å²) in [6, 6.07) is 20.6. The van der Waals surface area contributed by atoms with E-state index in [-0.39, 0.29) is 0 Å². The Morgan fingerprint density at radius 1 is 0.765 bits per heavy atom. The second kappa shape index (κ2) is 5.18. The molecule has 0 aromatic heterocycles. The highest BCUT2D eigenvalue weighted by Crippen LogP contribution is 2.62. The largest absolute Gasteiger partial charge is 0.247 e. The quantitative estimate of drug-likeness (QED) is 0.769. The fourth-order valence-electron chi connectivity index (χ4n) is 1.86. The molecule has 3 heteroatoms. The van der Waals surface area contributed by atoms with Gasteiger partial charge in [-0.15, -0.1) is 0 Å². The van der Waals surface area contributed by atoms with Crippen molar-refractivity contribution >= 4 is 28.6 Å². The topological polar surface area (TPSA) is 3.24 Å². The summed E-state index contributed by atoms with van der Waals surface area (Å²) in [6.45, 7) is -1.94. The number of hydrogen-bond donors (Lipinski definition) is 0. The molecule has 0 amide bonds. The molecule has 0 heterocycles. The van der Waals surface area contributed by atoms with E-state index in [2.05, 4.69) is 28.9 Å². The number of hydrogen-bond acceptors (Lipinski definition) is 1. The Bertz CT molecular complexity index is 431. The van der Waals surface area contributed by atoms with Crippen LogP contribution in [0.15, 0.2) is 60.7 Å². The van der Waals surface area contributed by atoms with Crippen LogP contribution in [0.4, 0.5) is 0 Å². The molecule has 0 saturated heterocycles. The van der Waals surface area contributed by atoms with E-state index in [0.29, 0.717) is 0 Å². The second-order valence-corrected chi connectivity index (χ2v) is 8.49. The van der Waals surface area contributed by atoms with Crippen LogP contribution < -0.4 is 10.6 Å². The van der Waals surface area contributed by atoms with Gasteiger partial charge in [0.15, 0.2) is 0 Å². The third-order valence-electron chi connectivity index (χ3n) is 2.75. The standard InChI is InChI=1S/C14H16ClNP/c1-16(2)17(15,13-9-5-3-6-10-13)14-11-7-4-8-12-14/h3-12H,1-2H3/q+1. The van der Waals surface area contributed by atoms with Crippen molar-refractivity contribution in [1.29, 1.82) is 0 Å². The molecular weight excluding hydrogens is 249 g/mol. The maximum Gasteiger partial charge on any atom is 0.247 e. The van der Waals surface area contributed by atoms with Crippen molar-refractivity contribution in [2.75, 3.05) is 14.1 Å². The van der Waals surface area contributed by atoms with Crippen LogP contribution in [0.25, 0.3) is 0 Å². The minimum atomic E-state index is -1.94. The van der Waals surface area contributed by atoms with E-state index in [0.717, 1.165) is 0 Å². The van der Waals surface area contributed by atoms with Crippen LogP contribution in [-0.2, 0) is 0 Å². The van der Waals surface area contributed by atoms with Gasteiger partial charge in [0.05, 0.1) is 0 Å². The number of rotatable bonds is 3. The lowest BCUT2D eigenvalue weighted by molar-refractivity contribution is 0.685. The van der Waals surface area contributed by atoms with Gasteiger partial charge in [0.25, 0.3) is 0 Å². The lowest BCUT2D eigenvalue weighted by atomic mass is 10.4. The molecule has 0 fully saturated rings.